The highest BCUT2D eigenvalue weighted by Gasteiger charge is 2.56. The topological polar surface area (TPSA) is 29.5 Å². The van der Waals surface area contributed by atoms with E-state index in [-0.39, 0.29) is 17.7 Å². The molecule has 3 saturated carbocycles. The number of amides is 1. The van der Waals surface area contributed by atoms with Crippen LogP contribution in [-0.2, 0) is 9.53 Å². The fourth-order valence-electron chi connectivity index (χ4n) is 5.30. The number of carbonyl (C=O) groups is 1. The van der Waals surface area contributed by atoms with Gasteiger partial charge in [0.15, 0.2) is 0 Å². The number of nitrogens with zero attached hydrogens (tertiary/aromatic N) is 1. The number of rotatable bonds is 3. The van der Waals surface area contributed by atoms with Crippen molar-refractivity contribution in [3.63, 3.8) is 0 Å². The summed E-state index contributed by atoms with van der Waals surface area (Å²) >= 11 is 0. The lowest BCUT2D eigenvalue weighted by molar-refractivity contribution is -0.140. The van der Waals surface area contributed by atoms with Crippen LogP contribution in [-0.4, -0.2) is 37.1 Å². The average Bonchev–Trinajstić information content (AvgIpc) is 2.64. The van der Waals surface area contributed by atoms with Gasteiger partial charge in [-0.1, -0.05) is 56.3 Å². The summed E-state index contributed by atoms with van der Waals surface area (Å²) in [6, 6.07) is 10.3. The van der Waals surface area contributed by atoms with Gasteiger partial charge in [0.2, 0.25) is 5.91 Å². The maximum Gasteiger partial charge on any atom is 0.230 e. The number of hydrogen-bond acceptors (Lipinski definition) is 2. The Morgan fingerprint density at radius 3 is 2.48 bits per heavy atom. The fourth-order valence-corrected chi connectivity index (χ4v) is 5.30. The first-order chi connectivity index (χ1) is 12.0. The Balaban J connectivity index is 1.65. The minimum atomic E-state index is -0.0896. The minimum absolute atomic E-state index is 0.0896. The van der Waals surface area contributed by atoms with Crippen LogP contribution in [0, 0.1) is 23.2 Å². The number of ether oxygens (including phenoxy) is 1. The van der Waals surface area contributed by atoms with E-state index in [1.807, 2.05) is 23.1 Å². The highest BCUT2D eigenvalue weighted by molar-refractivity contribution is 5.85. The quantitative estimate of drug-likeness (QED) is 0.783. The summed E-state index contributed by atoms with van der Waals surface area (Å²) in [5, 5.41) is 0. The highest BCUT2D eigenvalue weighted by Crippen LogP contribution is 2.64. The van der Waals surface area contributed by atoms with E-state index in [1.165, 1.54) is 12.0 Å². The Hall–Kier alpha value is -1.61. The van der Waals surface area contributed by atoms with Gasteiger partial charge in [-0.15, -0.1) is 0 Å². The number of benzene rings is 1. The zero-order chi connectivity index (χ0) is 17.6. The summed E-state index contributed by atoms with van der Waals surface area (Å²) in [6.07, 6.45) is 2.35. The van der Waals surface area contributed by atoms with Gasteiger partial charge in [0.05, 0.1) is 19.1 Å². The van der Waals surface area contributed by atoms with Crippen LogP contribution >= 0.6 is 0 Å². The third-order valence-electron chi connectivity index (χ3n) is 7.08. The molecule has 2 bridgehead atoms. The van der Waals surface area contributed by atoms with Gasteiger partial charge in [-0.25, -0.2) is 0 Å². The van der Waals surface area contributed by atoms with Crippen molar-refractivity contribution in [2.45, 2.75) is 32.6 Å². The van der Waals surface area contributed by atoms with Crippen molar-refractivity contribution in [2.24, 2.45) is 23.2 Å². The molecule has 3 nitrogen and oxygen atoms in total. The van der Waals surface area contributed by atoms with E-state index in [2.05, 4.69) is 32.6 Å². The molecule has 3 aliphatic carbocycles. The van der Waals surface area contributed by atoms with Gasteiger partial charge in [0.1, 0.15) is 0 Å². The Labute approximate surface area is 151 Å². The van der Waals surface area contributed by atoms with E-state index < -0.39 is 0 Å². The Kier molecular flexibility index (Phi) is 4.23. The Morgan fingerprint density at radius 1 is 1.20 bits per heavy atom. The van der Waals surface area contributed by atoms with Gasteiger partial charge in [0.25, 0.3) is 0 Å². The predicted octanol–water partition coefficient (Wildman–Crippen LogP) is 3.87. The van der Waals surface area contributed by atoms with Crippen LogP contribution in [0.2, 0.25) is 0 Å². The maximum absolute atomic E-state index is 13.5. The van der Waals surface area contributed by atoms with Crippen molar-refractivity contribution in [1.82, 2.24) is 4.90 Å². The molecule has 134 valence electrons. The van der Waals surface area contributed by atoms with Gasteiger partial charge in [-0.3, -0.25) is 4.79 Å². The number of fused-ring (bicyclic) bond motifs is 2. The zero-order valence-electron chi connectivity index (χ0n) is 15.4. The van der Waals surface area contributed by atoms with Gasteiger partial charge >= 0.3 is 0 Å². The molecule has 1 aromatic rings. The second-order valence-corrected chi connectivity index (χ2v) is 8.55. The van der Waals surface area contributed by atoms with Crippen LogP contribution in [0.25, 0.3) is 0 Å². The van der Waals surface area contributed by atoms with E-state index in [0.717, 1.165) is 17.9 Å². The predicted molar refractivity (Wildman–Crippen MR) is 99.2 cm³/mol. The number of hydrogen-bond donors (Lipinski definition) is 0. The molecule has 3 heteroatoms. The molecule has 1 amide bonds. The monoisotopic (exact) mass is 339 g/mol. The van der Waals surface area contributed by atoms with E-state index in [1.54, 1.807) is 0 Å². The molecular weight excluding hydrogens is 310 g/mol. The van der Waals surface area contributed by atoms with Crippen molar-refractivity contribution in [1.29, 1.82) is 0 Å². The first-order valence-corrected chi connectivity index (χ1v) is 9.60. The Morgan fingerprint density at radius 2 is 1.88 bits per heavy atom. The number of morpholine rings is 1. The fraction of sp³-hybridized carbons (Fsp3) is 0.591. The summed E-state index contributed by atoms with van der Waals surface area (Å²) in [5.41, 5.74) is 2.81. The maximum atomic E-state index is 13.5. The van der Waals surface area contributed by atoms with Crippen molar-refractivity contribution in [3.05, 3.63) is 48.0 Å². The molecule has 1 aliphatic heterocycles. The average molecular weight is 339 g/mol. The van der Waals surface area contributed by atoms with Crippen molar-refractivity contribution in [2.75, 3.05) is 26.3 Å². The van der Waals surface area contributed by atoms with Crippen molar-refractivity contribution >= 4 is 5.91 Å². The van der Waals surface area contributed by atoms with Crippen LogP contribution in [0.1, 0.15) is 38.2 Å². The molecule has 1 saturated heterocycles. The number of allylic oxidation sites excluding steroid dienone is 1. The molecule has 4 fully saturated rings. The van der Waals surface area contributed by atoms with E-state index in [4.69, 9.17) is 4.74 Å². The largest absolute Gasteiger partial charge is 0.378 e. The molecule has 4 aliphatic rings. The molecule has 1 aromatic carbocycles. The van der Waals surface area contributed by atoms with Gasteiger partial charge in [-0.2, -0.15) is 0 Å². The second-order valence-electron chi connectivity index (χ2n) is 8.55. The van der Waals surface area contributed by atoms with Crippen molar-refractivity contribution < 1.29 is 9.53 Å². The van der Waals surface area contributed by atoms with Crippen LogP contribution < -0.4 is 0 Å². The Bertz CT molecular complexity index is 660. The lowest BCUT2D eigenvalue weighted by Crippen LogP contribution is -2.54. The van der Waals surface area contributed by atoms with Crippen molar-refractivity contribution in [3.8, 4) is 0 Å². The SMILES string of the molecule is C=C1[C@@H](C(C(=O)N2CCOCC2)c2ccccc2)C[C@H]2C[C@@H]1C2(C)C. The summed E-state index contributed by atoms with van der Waals surface area (Å²) < 4.78 is 5.44. The molecule has 5 rings (SSSR count). The van der Waals surface area contributed by atoms with Crippen LogP contribution in [0.15, 0.2) is 42.5 Å². The molecule has 0 radical (unpaired) electrons. The second kappa shape index (κ2) is 6.28. The number of carbonyl (C=O) groups excluding carboxylic acids is 1. The third kappa shape index (κ3) is 2.73. The molecule has 1 heterocycles. The zero-order valence-corrected chi connectivity index (χ0v) is 15.4. The van der Waals surface area contributed by atoms with Gasteiger partial charge in [0, 0.05) is 13.1 Å². The third-order valence-corrected chi connectivity index (χ3v) is 7.08. The van der Waals surface area contributed by atoms with Gasteiger partial charge < -0.3 is 9.64 Å². The van der Waals surface area contributed by atoms with Gasteiger partial charge in [-0.05, 0) is 41.6 Å². The first-order valence-electron chi connectivity index (χ1n) is 9.60. The van der Waals surface area contributed by atoms with Crippen LogP contribution in [0.4, 0.5) is 0 Å². The van der Waals surface area contributed by atoms with Crippen LogP contribution in [0.5, 0.6) is 0 Å². The molecule has 0 N–H and O–H groups in total. The molecule has 0 spiro atoms. The van der Waals surface area contributed by atoms with E-state index in [9.17, 15) is 4.79 Å². The van der Waals surface area contributed by atoms with Crippen LogP contribution in [0.3, 0.4) is 0 Å². The van der Waals surface area contributed by atoms with E-state index >= 15 is 0 Å². The van der Waals surface area contributed by atoms with E-state index in [0.29, 0.717) is 37.6 Å². The summed E-state index contributed by atoms with van der Waals surface area (Å²) in [6.45, 7) is 11.9. The smallest absolute Gasteiger partial charge is 0.230 e. The molecule has 0 aromatic heterocycles. The summed E-state index contributed by atoms with van der Waals surface area (Å²) in [5.74, 6) is 1.74. The normalized spacial score (nSPS) is 32.0. The standard InChI is InChI=1S/C22H29NO2/c1-15-18(13-17-14-19(15)22(17,2)3)20(16-7-5-4-6-8-16)21(24)23-9-11-25-12-10-23/h4-8,17-20H,1,9-14H2,2-3H3/t17-,18-,19-,20?/m0/s1. The summed E-state index contributed by atoms with van der Waals surface area (Å²) in [4.78, 5) is 15.5. The molecular formula is C22H29NO2. The molecule has 25 heavy (non-hydrogen) atoms. The lowest BCUT2D eigenvalue weighted by Gasteiger charge is -2.61. The minimum Gasteiger partial charge on any atom is -0.378 e. The molecule has 4 atom stereocenters. The molecule has 1 unspecified atom stereocenters. The highest BCUT2D eigenvalue weighted by atomic mass is 16.5. The summed E-state index contributed by atoms with van der Waals surface area (Å²) in [7, 11) is 0. The first kappa shape index (κ1) is 16.8. The lowest BCUT2D eigenvalue weighted by atomic mass is 9.44.